The summed E-state index contributed by atoms with van der Waals surface area (Å²) in [5, 5.41) is 17.4. The molecule has 16 rings (SSSR count). The summed E-state index contributed by atoms with van der Waals surface area (Å²) in [4.78, 5) is 0. The van der Waals surface area contributed by atoms with Crippen molar-refractivity contribution >= 4 is 97.7 Å². The highest BCUT2D eigenvalue weighted by Gasteiger charge is 2.27. The molecule has 2 nitrogen and oxygen atoms in total. The van der Waals surface area contributed by atoms with Crippen LogP contribution in [-0.4, -0.2) is 0 Å². The quantitative estimate of drug-likeness (QED) is 0.163. The first-order chi connectivity index (χ1) is 31.7. The Morgan fingerprint density at radius 3 is 1.06 bits per heavy atom. The van der Waals surface area contributed by atoms with E-state index >= 15 is 0 Å². The minimum atomic E-state index is 0.921. The summed E-state index contributed by atoms with van der Waals surface area (Å²) in [5.74, 6) is 0. The average molecular weight is 809 g/mol. The van der Waals surface area contributed by atoms with Gasteiger partial charge in [-0.05, 0) is 146 Å². The molecule has 12 aromatic carbocycles. The van der Waals surface area contributed by atoms with E-state index in [0.29, 0.717) is 0 Å². The lowest BCUT2D eigenvalue weighted by atomic mass is 9.91. The van der Waals surface area contributed by atoms with Gasteiger partial charge in [0.25, 0.3) is 0 Å². The molecular weight excluding hydrogens is 777 g/mol. The van der Waals surface area contributed by atoms with Crippen LogP contribution in [0.2, 0.25) is 0 Å². The molecule has 0 bridgehead atoms. The smallest absolute Gasteiger partial charge is 0.143 e. The molecule has 0 amide bonds. The van der Waals surface area contributed by atoms with E-state index in [2.05, 4.69) is 182 Å². The van der Waals surface area contributed by atoms with E-state index in [1.165, 1.54) is 109 Å². The van der Waals surface area contributed by atoms with E-state index in [-0.39, 0.29) is 0 Å². The molecule has 2 aliphatic rings. The Kier molecular flexibility index (Phi) is 6.08. The normalized spacial score (nSPS) is 12.7. The SMILES string of the molecule is c1ccc2c(c1)oc1c(-c3ccc4c5c(cccc35)-c3cc5ccc6c7cc8c(cc7ccc6c5cc3-4)-c3cccc4c(-c5cccc6c5oc5ccccc56)ccc-8c34)cccc12. The number of benzene rings is 12. The highest BCUT2D eigenvalue weighted by atomic mass is 16.3. The minimum absolute atomic E-state index is 0.921. The molecule has 2 heteroatoms. The molecule has 2 aromatic heterocycles. The third kappa shape index (κ3) is 4.11. The molecule has 0 aliphatic heterocycles. The van der Waals surface area contributed by atoms with Gasteiger partial charge < -0.3 is 8.83 Å². The summed E-state index contributed by atoms with van der Waals surface area (Å²) in [6, 6.07) is 71.8. The second-order valence-electron chi connectivity index (χ2n) is 17.8. The van der Waals surface area contributed by atoms with Gasteiger partial charge in [0.15, 0.2) is 0 Å². The van der Waals surface area contributed by atoms with Gasteiger partial charge in [-0.1, -0.05) is 158 Å². The van der Waals surface area contributed by atoms with Crippen molar-refractivity contribution in [3.8, 4) is 66.8 Å². The molecule has 0 saturated carbocycles. The Hall–Kier alpha value is -8.46. The number of hydrogen-bond donors (Lipinski definition) is 0. The molecule has 0 unspecified atom stereocenters. The summed E-state index contributed by atoms with van der Waals surface area (Å²) in [6.45, 7) is 0. The first-order valence-electron chi connectivity index (χ1n) is 22.1. The van der Waals surface area contributed by atoms with Crippen molar-refractivity contribution in [2.45, 2.75) is 0 Å². The zero-order valence-corrected chi connectivity index (χ0v) is 34.3. The zero-order chi connectivity index (χ0) is 41.4. The summed E-state index contributed by atoms with van der Waals surface area (Å²) in [6.07, 6.45) is 0. The number of hydrogen-bond acceptors (Lipinski definition) is 2. The number of para-hydroxylation sites is 4. The van der Waals surface area contributed by atoms with Crippen LogP contribution in [0.4, 0.5) is 0 Å². The fourth-order valence-electron chi connectivity index (χ4n) is 12.0. The van der Waals surface area contributed by atoms with Gasteiger partial charge in [-0.2, -0.15) is 0 Å². The average Bonchev–Trinajstić information content (AvgIpc) is 4.10. The zero-order valence-electron chi connectivity index (χ0n) is 34.3. The Morgan fingerprint density at radius 2 is 0.578 bits per heavy atom. The van der Waals surface area contributed by atoms with Crippen molar-refractivity contribution < 1.29 is 8.83 Å². The molecule has 2 heterocycles. The first-order valence-corrected chi connectivity index (χ1v) is 22.1. The molecule has 64 heavy (non-hydrogen) atoms. The molecule has 0 atom stereocenters. The van der Waals surface area contributed by atoms with Gasteiger partial charge >= 0.3 is 0 Å². The molecule has 292 valence electrons. The molecule has 14 aromatic rings. The lowest BCUT2D eigenvalue weighted by Crippen LogP contribution is -1.85. The largest absolute Gasteiger partial charge is 0.455 e. The van der Waals surface area contributed by atoms with Crippen LogP contribution in [0.5, 0.6) is 0 Å². The summed E-state index contributed by atoms with van der Waals surface area (Å²) in [7, 11) is 0. The van der Waals surface area contributed by atoms with Crippen LogP contribution in [-0.2, 0) is 0 Å². The minimum Gasteiger partial charge on any atom is -0.455 e. The van der Waals surface area contributed by atoms with E-state index < -0.39 is 0 Å². The highest BCUT2D eigenvalue weighted by Crippen LogP contribution is 2.54. The predicted octanol–water partition coefficient (Wildman–Crippen LogP) is 17.9. The van der Waals surface area contributed by atoms with Gasteiger partial charge in [0.1, 0.15) is 22.3 Å². The van der Waals surface area contributed by atoms with Crippen LogP contribution in [0.1, 0.15) is 0 Å². The number of fused-ring (bicyclic) bond motifs is 17. The van der Waals surface area contributed by atoms with Crippen LogP contribution in [0.15, 0.2) is 203 Å². The van der Waals surface area contributed by atoms with Crippen molar-refractivity contribution in [1.82, 2.24) is 0 Å². The summed E-state index contributed by atoms with van der Waals surface area (Å²) in [5.41, 5.74) is 18.7. The Bertz CT molecular complexity index is 4190. The van der Waals surface area contributed by atoms with Crippen molar-refractivity contribution in [3.63, 3.8) is 0 Å². The van der Waals surface area contributed by atoms with E-state index in [9.17, 15) is 0 Å². The molecule has 0 fully saturated rings. The molecule has 2 aliphatic carbocycles. The molecule has 0 spiro atoms. The van der Waals surface area contributed by atoms with Crippen LogP contribution >= 0.6 is 0 Å². The third-order valence-electron chi connectivity index (χ3n) is 14.7. The lowest BCUT2D eigenvalue weighted by Gasteiger charge is -2.12. The van der Waals surface area contributed by atoms with Gasteiger partial charge in [0.2, 0.25) is 0 Å². The third-order valence-corrected chi connectivity index (χ3v) is 14.7. The predicted molar refractivity (Wildman–Crippen MR) is 268 cm³/mol. The Morgan fingerprint density at radius 1 is 0.203 bits per heavy atom. The number of furan rings is 2. The molecule has 0 radical (unpaired) electrons. The first kappa shape index (κ1) is 33.2. The molecule has 0 N–H and O–H groups in total. The fourth-order valence-corrected chi connectivity index (χ4v) is 12.0. The topological polar surface area (TPSA) is 26.3 Å². The van der Waals surface area contributed by atoms with Gasteiger partial charge in [0, 0.05) is 32.7 Å². The van der Waals surface area contributed by atoms with Crippen LogP contribution in [0.3, 0.4) is 0 Å². The van der Waals surface area contributed by atoms with E-state index in [0.717, 1.165) is 55.0 Å². The molecular formula is C62H32O2. The summed E-state index contributed by atoms with van der Waals surface area (Å²) < 4.78 is 13.1. The van der Waals surface area contributed by atoms with Gasteiger partial charge in [-0.3, -0.25) is 0 Å². The fraction of sp³-hybridized carbons (Fsp3) is 0. The Balaban J connectivity index is 0.858. The summed E-state index contributed by atoms with van der Waals surface area (Å²) >= 11 is 0. The van der Waals surface area contributed by atoms with Crippen molar-refractivity contribution in [2.75, 3.05) is 0 Å². The van der Waals surface area contributed by atoms with Crippen LogP contribution < -0.4 is 0 Å². The maximum absolute atomic E-state index is 6.54. The lowest BCUT2D eigenvalue weighted by molar-refractivity contribution is 0.669. The monoisotopic (exact) mass is 808 g/mol. The number of rotatable bonds is 2. The second kappa shape index (κ2) is 11.7. The second-order valence-corrected chi connectivity index (χ2v) is 17.8. The van der Waals surface area contributed by atoms with Gasteiger partial charge in [-0.15, -0.1) is 0 Å². The maximum Gasteiger partial charge on any atom is 0.143 e. The highest BCUT2D eigenvalue weighted by molar-refractivity contribution is 6.27. The maximum atomic E-state index is 6.54. The van der Waals surface area contributed by atoms with Crippen LogP contribution in [0, 0.1) is 0 Å². The van der Waals surface area contributed by atoms with Crippen molar-refractivity contribution in [2.24, 2.45) is 0 Å². The van der Waals surface area contributed by atoms with Crippen LogP contribution in [0.25, 0.3) is 165 Å². The van der Waals surface area contributed by atoms with Gasteiger partial charge in [0.05, 0.1) is 0 Å². The van der Waals surface area contributed by atoms with E-state index in [4.69, 9.17) is 8.83 Å². The van der Waals surface area contributed by atoms with Crippen molar-refractivity contribution in [1.29, 1.82) is 0 Å². The van der Waals surface area contributed by atoms with E-state index in [1.807, 2.05) is 12.1 Å². The van der Waals surface area contributed by atoms with E-state index in [1.54, 1.807) is 0 Å². The standard InChI is InChI=1S/C62H32O2/c1-3-19-57-39(9-1)49-17-7-15-47(61(49)63-57)37-25-27-45-55-31-51-33(29-53(55)43-13-5-11-41(37)59(43)45)21-23-36-35(51)24-22-34-30-54-44-14-6-12-42-38(26-28-46(60(42)44)56(54)32-52(34)36)48-16-8-18-50-40-10-2-4-20-58(40)64-62(48)50/h1-32H. The van der Waals surface area contributed by atoms with Crippen molar-refractivity contribution in [3.05, 3.63) is 194 Å². The molecule has 0 saturated heterocycles. The Labute approximate surface area is 365 Å². The van der Waals surface area contributed by atoms with Gasteiger partial charge in [-0.25, -0.2) is 0 Å².